The summed E-state index contributed by atoms with van der Waals surface area (Å²) in [7, 11) is 0. The number of aromatic nitrogens is 3. The number of carbonyl (C=O) groups is 1. The molecule has 0 aliphatic carbocycles. The van der Waals surface area contributed by atoms with Crippen molar-refractivity contribution in [1.82, 2.24) is 15.0 Å². The highest BCUT2D eigenvalue weighted by molar-refractivity contribution is 6.31. The van der Waals surface area contributed by atoms with Gasteiger partial charge in [0.2, 0.25) is 16.5 Å². The second-order valence-corrected chi connectivity index (χ2v) is 11.1. The standard InChI is InChI=1S/C37H29Cl2N5O4/c38-35-42-36(39)44-37(43-35)40-28-16-19-31(33(20-28)48-24-27-14-8-3-9-15-27)41-34(45)30-18-17-29(46-22-25-10-4-1-5-11-25)21-32(30)47-23-26-12-6-2-7-13-26/h1-21H,22-24H2,(H,41,45)(H,40,42,43,44). The first kappa shape index (κ1) is 32.3. The van der Waals surface area contributed by atoms with Crippen LogP contribution in [-0.2, 0) is 19.8 Å². The summed E-state index contributed by atoms with van der Waals surface area (Å²) in [5.74, 6) is 1.10. The lowest BCUT2D eigenvalue weighted by molar-refractivity contribution is 0.102. The molecule has 0 aliphatic heterocycles. The highest BCUT2D eigenvalue weighted by Crippen LogP contribution is 2.33. The van der Waals surface area contributed by atoms with Gasteiger partial charge < -0.3 is 24.8 Å². The van der Waals surface area contributed by atoms with Crippen LogP contribution in [0.5, 0.6) is 17.2 Å². The minimum atomic E-state index is -0.394. The minimum Gasteiger partial charge on any atom is -0.489 e. The molecule has 1 aromatic heterocycles. The Kier molecular flexibility index (Phi) is 10.6. The first-order valence-corrected chi connectivity index (χ1v) is 15.7. The van der Waals surface area contributed by atoms with Gasteiger partial charge in [0.15, 0.2) is 0 Å². The van der Waals surface area contributed by atoms with Crippen LogP contribution in [0, 0.1) is 0 Å². The summed E-state index contributed by atoms with van der Waals surface area (Å²) in [6, 6.07) is 39.6. The van der Waals surface area contributed by atoms with E-state index in [0.717, 1.165) is 16.7 Å². The van der Waals surface area contributed by atoms with Crippen LogP contribution in [0.25, 0.3) is 0 Å². The van der Waals surface area contributed by atoms with Crippen molar-refractivity contribution in [3.8, 4) is 17.2 Å². The lowest BCUT2D eigenvalue weighted by Gasteiger charge is -2.17. The van der Waals surface area contributed by atoms with E-state index in [1.165, 1.54) is 0 Å². The molecule has 6 aromatic rings. The Labute approximate surface area is 287 Å². The van der Waals surface area contributed by atoms with Crippen molar-refractivity contribution in [2.24, 2.45) is 0 Å². The normalized spacial score (nSPS) is 10.6. The lowest BCUT2D eigenvalue weighted by Crippen LogP contribution is -2.15. The highest BCUT2D eigenvalue weighted by atomic mass is 35.5. The number of ether oxygens (including phenoxy) is 3. The zero-order valence-electron chi connectivity index (χ0n) is 25.5. The van der Waals surface area contributed by atoms with Crippen LogP contribution >= 0.6 is 23.2 Å². The van der Waals surface area contributed by atoms with Crippen LogP contribution in [0.15, 0.2) is 127 Å². The number of hydrogen-bond donors (Lipinski definition) is 2. The summed E-state index contributed by atoms with van der Waals surface area (Å²) in [5, 5.41) is 5.94. The maximum absolute atomic E-state index is 13.9. The van der Waals surface area contributed by atoms with E-state index in [1.807, 2.05) is 91.0 Å². The number of amides is 1. The van der Waals surface area contributed by atoms with E-state index in [1.54, 1.807) is 36.4 Å². The molecule has 0 fully saturated rings. The molecule has 0 saturated carbocycles. The Hall–Kier alpha value is -5.64. The third kappa shape index (κ3) is 9.00. The van der Waals surface area contributed by atoms with Crippen molar-refractivity contribution in [1.29, 1.82) is 0 Å². The van der Waals surface area contributed by atoms with Crippen molar-refractivity contribution in [3.63, 3.8) is 0 Å². The van der Waals surface area contributed by atoms with Gasteiger partial charge in [0.1, 0.15) is 37.1 Å². The molecule has 1 amide bonds. The average molecular weight is 679 g/mol. The molecule has 0 unspecified atom stereocenters. The molecule has 1 heterocycles. The predicted octanol–water partition coefficient (Wildman–Crippen LogP) is 8.91. The van der Waals surface area contributed by atoms with E-state index in [0.29, 0.717) is 40.8 Å². The zero-order chi connectivity index (χ0) is 33.1. The van der Waals surface area contributed by atoms with Gasteiger partial charge in [0.25, 0.3) is 5.91 Å². The SMILES string of the molecule is O=C(Nc1ccc(Nc2nc(Cl)nc(Cl)n2)cc1OCc1ccccc1)c1ccc(OCc2ccccc2)cc1OCc1ccccc1. The maximum atomic E-state index is 13.9. The molecule has 0 atom stereocenters. The first-order valence-electron chi connectivity index (χ1n) is 14.9. The number of rotatable bonds is 13. The molecule has 0 bridgehead atoms. The second-order valence-electron chi connectivity index (χ2n) is 10.5. The largest absolute Gasteiger partial charge is 0.489 e. The van der Waals surface area contributed by atoms with Crippen LogP contribution in [0.1, 0.15) is 27.0 Å². The molecule has 0 saturated heterocycles. The van der Waals surface area contributed by atoms with Crippen LogP contribution in [0.4, 0.5) is 17.3 Å². The summed E-state index contributed by atoms with van der Waals surface area (Å²) in [4.78, 5) is 25.8. The monoisotopic (exact) mass is 677 g/mol. The minimum absolute atomic E-state index is 0.0521. The molecular weight excluding hydrogens is 649 g/mol. The molecule has 240 valence electrons. The maximum Gasteiger partial charge on any atom is 0.259 e. The van der Waals surface area contributed by atoms with Crippen LogP contribution < -0.4 is 24.8 Å². The molecule has 0 radical (unpaired) electrons. The van der Waals surface area contributed by atoms with Gasteiger partial charge in [-0.3, -0.25) is 4.79 Å². The van der Waals surface area contributed by atoms with Gasteiger partial charge in [-0.2, -0.15) is 15.0 Å². The second kappa shape index (κ2) is 15.8. The van der Waals surface area contributed by atoms with Crippen LogP contribution in [0.2, 0.25) is 10.6 Å². The number of halogens is 2. The quantitative estimate of drug-likeness (QED) is 0.125. The molecule has 6 rings (SSSR count). The smallest absolute Gasteiger partial charge is 0.259 e. The summed E-state index contributed by atoms with van der Waals surface area (Å²) < 4.78 is 18.4. The highest BCUT2D eigenvalue weighted by Gasteiger charge is 2.18. The molecule has 2 N–H and O–H groups in total. The number of nitrogens with one attached hydrogen (secondary N) is 2. The molecule has 11 heteroatoms. The number of carbonyl (C=O) groups excluding carboxylic acids is 1. The summed E-state index contributed by atoms with van der Waals surface area (Å²) in [6.45, 7) is 0.894. The molecule has 9 nitrogen and oxygen atoms in total. The van der Waals surface area contributed by atoms with E-state index < -0.39 is 5.91 Å². The van der Waals surface area contributed by atoms with E-state index in [-0.39, 0.29) is 29.7 Å². The Morgan fingerprint density at radius 1 is 0.583 bits per heavy atom. The fraction of sp³-hybridized carbons (Fsp3) is 0.0811. The molecule has 0 spiro atoms. The summed E-state index contributed by atoms with van der Waals surface area (Å²) in [5.41, 5.74) is 4.26. The van der Waals surface area contributed by atoms with Crippen molar-refractivity contribution in [2.45, 2.75) is 19.8 Å². The first-order chi connectivity index (χ1) is 23.5. The molecule has 0 aliphatic rings. The number of nitrogens with zero attached hydrogens (tertiary/aromatic N) is 3. The summed E-state index contributed by atoms with van der Waals surface area (Å²) >= 11 is 11.9. The number of anilines is 3. The molecule has 48 heavy (non-hydrogen) atoms. The number of hydrogen-bond acceptors (Lipinski definition) is 8. The lowest BCUT2D eigenvalue weighted by atomic mass is 10.1. The third-order valence-electron chi connectivity index (χ3n) is 6.99. The van der Waals surface area contributed by atoms with E-state index >= 15 is 0 Å². The molecule has 5 aromatic carbocycles. The Bertz CT molecular complexity index is 1960. The summed E-state index contributed by atoms with van der Waals surface area (Å²) in [6.07, 6.45) is 0. The Balaban J connectivity index is 1.26. The fourth-order valence-electron chi connectivity index (χ4n) is 4.63. The Morgan fingerprint density at radius 3 is 1.71 bits per heavy atom. The topological polar surface area (TPSA) is 107 Å². The zero-order valence-corrected chi connectivity index (χ0v) is 27.0. The van der Waals surface area contributed by atoms with Crippen LogP contribution in [-0.4, -0.2) is 20.9 Å². The van der Waals surface area contributed by atoms with Crippen molar-refractivity contribution < 1.29 is 19.0 Å². The third-order valence-corrected chi connectivity index (χ3v) is 7.33. The Morgan fingerprint density at radius 2 is 1.12 bits per heavy atom. The van der Waals surface area contributed by atoms with Gasteiger partial charge in [0, 0.05) is 17.8 Å². The van der Waals surface area contributed by atoms with Crippen LogP contribution in [0.3, 0.4) is 0 Å². The van der Waals surface area contributed by atoms with E-state index in [2.05, 4.69) is 25.6 Å². The molecular formula is C37H29Cl2N5O4. The van der Waals surface area contributed by atoms with Crippen molar-refractivity contribution in [2.75, 3.05) is 10.6 Å². The fourth-order valence-corrected chi connectivity index (χ4v) is 5.00. The predicted molar refractivity (Wildman–Crippen MR) is 186 cm³/mol. The van der Waals surface area contributed by atoms with Gasteiger partial charge in [-0.25, -0.2) is 0 Å². The van der Waals surface area contributed by atoms with Gasteiger partial charge in [-0.15, -0.1) is 0 Å². The number of benzene rings is 5. The van der Waals surface area contributed by atoms with Crippen molar-refractivity contribution >= 4 is 46.4 Å². The van der Waals surface area contributed by atoms with E-state index in [9.17, 15) is 4.79 Å². The van der Waals surface area contributed by atoms with Gasteiger partial charge >= 0.3 is 0 Å². The van der Waals surface area contributed by atoms with Crippen molar-refractivity contribution in [3.05, 3.63) is 160 Å². The van der Waals surface area contributed by atoms with E-state index in [4.69, 9.17) is 37.4 Å². The van der Waals surface area contributed by atoms with Gasteiger partial charge in [-0.1, -0.05) is 91.0 Å². The van der Waals surface area contributed by atoms with Gasteiger partial charge in [-0.05, 0) is 64.2 Å². The van der Waals surface area contributed by atoms with Gasteiger partial charge in [0.05, 0.1) is 11.3 Å². The average Bonchev–Trinajstić information content (AvgIpc) is 3.10.